The first-order valence-electron chi connectivity index (χ1n) is 8.07. The van der Waals surface area contributed by atoms with Crippen LogP contribution in [0.3, 0.4) is 0 Å². The van der Waals surface area contributed by atoms with Gasteiger partial charge in [0.25, 0.3) is 0 Å². The van der Waals surface area contributed by atoms with Crippen molar-refractivity contribution in [2.75, 3.05) is 5.32 Å². The molecule has 25 heavy (non-hydrogen) atoms. The number of carbonyl (C=O) groups excluding carboxylic acids is 1. The topological polar surface area (TPSA) is 50.4 Å². The number of ether oxygens (including phenoxy) is 1. The molecule has 0 saturated heterocycles. The summed E-state index contributed by atoms with van der Waals surface area (Å²) in [6.07, 6.45) is -2.73. The minimum absolute atomic E-state index is 0.0141. The predicted molar refractivity (Wildman–Crippen MR) is 93.6 cm³/mol. The first kappa shape index (κ1) is 19.9. The maximum Gasteiger partial charge on any atom is 0.416 e. The van der Waals surface area contributed by atoms with Gasteiger partial charge in [-0.1, -0.05) is 0 Å². The molecule has 8 heteroatoms. The van der Waals surface area contributed by atoms with E-state index in [1.807, 2.05) is 0 Å². The van der Waals surface area contributed by atoms with Crippen molar-refractivity contribution in [1.29, 1.82) is 0 Å². The molecule has 2 atom stereocenters. The molecule has 0 heterocycles. The van der Waals surface area contributed by atoms with Gasteiger partial charge in [-0.25, -0.2) is 4.79 Å². The summed E-state index contributed by atoms with van der Waals surface area (Å²) in [4.78, 5) is 11.8. The van der Waals surface area contributed by atoms with Crippen LogP contribution in [0.4, 0.5) is 23.7 Å². The van der Waals surface area contributed by atoms with Crippen molar-refractivity contribution in [1.82, 2.24) is 5.32 Å². The van der Waals surface area contributed by atoms with Gasteiger partial charge in [0.2, 0.25) is 0 Å². The molecule has 1 saturated carbocycles. The highest BCUT2D eigenvalue weighted by atomic mass is 79.9. The van der Waals surface area contributed by atoms with E-state index in [0.717, 1.165) is 25.0 Å². The Bertz CT molecular complexity index is 629. The number of alkyl halides is 3. The molecule has 2 unspecified atom stereocenters. The van der Waals surface area contributed by atoms with Crippen molar-refractivity contribution in [3.05, 3.63) is 28.2 Å². The summed E-state index contributed by atoms with van der Waals surface area (Å²) in [6.45, 7) is 5.37. The second kappa shape index (κ2) is 7.43. The molecule has 4 nitrogen and oxygen atoms in total. The van der Waals surface area contributed by atoms with Gasteiger partial charge < -0.3 is 15.4 Å². The number of benzene rings is 1. The van der Waals surface area contributed by atoms with Gasteiger partial charge in [-0.15, -0.1) is 0 Å². The summed E-state index contributed by atoms with van der Waals surface area (Å²) < 4.78 is 44.3. The quantitative estimate of drug-likeness (QED) is 0.692. The normalized spacial score (nSPS) is 21.1. The molecule has 0 aliphatic heterocycles. The molecule has 1 aliphatic carbocycles. The Morgan fingerprint density at radius 2 is 1.84 bits per heavy atom. The zero-order chi connectivity index (χ0) is 18.8. The lowest BCUT2D eigenvalue weighted by molar-refractivity contribution is -0.137. The lowest BCUT2D eigenvalue weighted by atomic mass is 10.1. The number of nitrogens with one attached hydrogen (secondary N) is 2. The van der Waals surface area contributed by atoms with Crippen LogP contribution in [-0.2, 0) is 10.9 Å². The zero-order valence-corrected chi connectivity index (χ0v) is 15.9. The number of anilines is 1. The van der Waals surface area contributed by atoms with E-state index in [2.05, 4.69) is 26.6 Å². The third kappa shape index (κ3) is 6.09. The average Bonchev–Trinajstić information content (AvgIpc) is 2.85. The summed E-state index contributed by atoms with van der Waals surface area (Å²) >= 11 is 3.27. The van der Waals surface area contributed by atoms with Crippen LogP contribution in [0.1, 0.15) is 45.6 Å². The number of hydrogen-bond acceptors (Lipinski definition) is 3. The van der Waals surface area contributed by atoms with Gasteiger partial charge >= 0.3 is 12.3 Å². The Kier molecular flexibility index (Phi) is 5.91. The molecule has 1 aromatic carbocycles. The van der Waals surface area contributed by atoms with E-state index in [-0.39, 0.29) is 12.1 Å². The molecule has 0 radical (unpaired) electrons. The summed E-state index contributed by atoms with van der Waals surface area (Å²) in [7, 11) is 0. The van der Waals surface area contributed by atoms with Crippen molar-refractivity contribution in [2.24, 2.45) is 0 Å². The molecule has 2 rings (SSSR count). The van der Waals surface area contributed by atoms with E-state index in [1.54, 1.807) is 20.8 Å². The summed E-state index contributed by atoms with van der Waals surface area (Å²) in [6, 6.07) is 3.45. The van der Waals surface area contributed by atoms with Crippen LogP contribution >= 0.6 is 15.9 Å². The molecule has 140 valence electrons. The lowest BCUT2D eigenvalue weighted by Gasteiger charge is -2.22. The van der Waals surface area contributed by atoms with Crippen molar-refractivity contribution in [2.45, 2.75) is 63.9 Å². The van der Waals surface area contributed by atoms with Crippen molar-refractivity contribution >= 4 is 27.7 Å². The number of carbonyl (C=O) groups is 1. The molecule has 1 fully saturated rings. The van der Waals surface area contributed by atoms with Gasteiger partial charge in [-0.2, -0.15) is 13.2 Å². The number of alkyl carbamates (subject to hydrolysis) is 1. The Hall–Kier alpha value is -1.44. The van der Waals surface area contributed by atoms with Crippen LogP contribution in [0.25, 0.3) is 0 Å². The Morgan fingerprint density at radius 3 is 2.44 bits per heavy atom. The first-order valence-corrected chi connectivity index (χ1v) is 8.86. The van der Waals surface area contributed by atoms with Crippen LogP contribution in [0.5, 0.6) is 0 Å². The summed E-state index contributed by atoms with van der Waals surface area (Å²) in [5.74, 6) is 0. The van der Waals surface area contributed by atoms with E-state index in [0.29, 0.717) is 16.6 Å². The van der Waals surface area contributed by atoms with Gasteiger partial charge in [0, 0.05) is 22.2 Å². The average molecular weight is 423 g/mol. The number of amides is 1. The van der Waals surface area contributed by atoms with Crippen LogP contribution in [-0.4, -0.2) is 23.8 Å². The molecule has 0 aromatic heterocycles. The van der Waals surface area contributed by atoms with E-state index < -0.39 is 23.4 Å². The van der Waals surface area contributed by atoms with Crippen LogP contribution in [0.2, 0.25) is 0 Å². The SMILES string of the molecule is CC(C)(C)OC(=O)NC1CCC(Nc2cc(C(F)(F)F)ccc2Br)C1. The fraction of sp³-hybridized carbons (Fsp3) is 0.588. The van der Waals surface area contributed by atoms with Gasteiger partial charge in [0.15, 0.2) is 0 Å². The Labute approximate surface area is 153 Å². The minimum Gasteiger partial charge on any atom is -0.444 e. The second-order valence-corrected chi connectivity index (χ2v) is 8.04. The van der Waals surface area contributed by atoms with Gasteiger partial charge in [-0.05, 0) is 74.2 Å². The molecular formula is C17H22BrF3N2O2. The monoisotopic (exact) mass is 422 g/mol. The van der Waals surface area contributed by atoms with Crippen molar-refractivity contribution in [3.8, 4) is 0 Å². The molecule has 0 bridgehead atoms. The van der Waals surface area contributed by atoms with Crippen LogP contribution < -0.4 is 10.6 Å². The maximum atomic E-state index is 12.8. The number of hydrogen-bond donors (Lipinski definition) is 2. The molecular weight excluding hydrogens is 401 g/mol. The summed E-state index contributed by atoms with van der Waals surface area (Å²) in [5.41, 5.74) is -0.860. The van der Waals surface area contributed by atoms with Gasteiger partial charge in [0.05, 0.1) is 5.56 Å². The second-order valence-electron chi connectivity index (χ2n) is 7.19. The highest BCUT2D eigenvalue weighted by Crippen LogP contribution is 2.35. The number of halogens is 4. The van der Waals surface area contributed by atoms with Gasteiger partial charge in [0.1, 0.15) is 5.60 Å². The number of rotatable bonds is 3. The van der Waals surface area contributed by atoms with Crippen molar-refractivity contribution in [3.63, 3.8) is 0 Å². The third-order valence-electron chi connectivity index (χ3n) is 3.81. The van der Waals surface area contributed by atoms with Crippen LogP contribution in [0, 0.1) is 0 Å². The third-order valence-corrected chi connectivity index (χ3v) is 4.50. The molecule has 1 aliphatic rings. The summed E-state index contributed by atoms with van der Waals surface area (Å²) in [5, 5.41) is 5.94. The van der Waals surface area contributed by atoms with E-state index in [4.69, 9.17) is 4.74 Å². The lowest BCUT2D eigenvalue weighted by Crippen LogP contribution is -2.38. The highest BCUT2D eigenvalue weighted by molar-refractivity contribution is 9.10. The smallest absolute Gasteiger partial charge is 0.416 e. The van der Waals surface area contributed by atoms with Crippen molar-refractivity contribution < 1.29 is 22.7 Å². The fourth-order valence-corrected chi connectivity index (χ4v) is 3.11. The first-order chi connectivity index (χ1) is 11.4. The molecule has 1 amide bonds. The molecule has 0 spiro atoms. The van der Waals surface area contributed by atoms with Crippen LogP contribution in [0.15, 0.2) is 22.7 Å². The van der Waals surface area contributed by atoms with Gasteiger partial charge in [-0.3, -0.25) is 0 Å². The minimum atomic E-state index is -4.38. The Balaban J connectivity index is 1.94. The predicted octanol–water partition coefficient (Wildman–Crippen LogP) is 5.33. The largest absolute Gasteiger partial charge is 0.444 e. The fourth-order valence-electron chi connectivity index (χ4n) is 2.75. The Morgan fingerprint density at radius 1 is 1.20 bits per heavy atom. The molecule has 1 aromatic rings. The molecule has 2 N–H and O–H groups in total. The maximum absolute atomic E-state index is 12.8. The van der Waals surface area contributed by atoms with E-state index >= 15 is 0 Å². The van der Waals surface area contributed by atoms with E-state index in [1.165, 1.54) is 6.07 Å². The standard InChI is InChI=1S/C17H22BrF3N2O2/c1-16(2,3)25-15(24)23-12-6-5-11(9-12)22-14-8-10(17(19,20)21)4-7-13(14)18/h4,7-8,11-12,22H,5-6,9H2,1-3H3,(H,23,24). The van der Waals surface area contributed by atoms with E-state index in [9.17, 15) is 18.0 Å². The highest BCUT2D eigenvalue weighted by Gasteiger charge is 2.32. The zero-order valence-electron chi connectivity index (χ0n) is 14.3.